The van der Waals surface area contributed by atoms with Crippen LogP contribution < -0.4 is 0 Å². The van der Waals surface area contributed by atoms with Gasteiger partial charge in [-0.15, -0.1) is 6.58 Å². The van der Waals surface area contributed by atoms with E-state index in [2.05, 4.69) is 18.7 Å². The number of hydrogen-bond donors (Lipinski definition) is 1. The Morgan fingerprint density at radius 1 is 1.38 bits per heavy atom. The number of carbonyl (C=O) groups is 1. The van der Waals surface area contributed by atoms with Crippen molar-refractivity contribution in [2.24, 2.45) is 5.92 Å². The highest BCUT2D eigenvalue weighted by atomic mass is 16.4. The molecule has 0 aliphatic carbocycles. The van der Waals surface area contributed by atoms with Crippen LogP contribution in [0.4, 0.5) is 0 Å². The summed E-state index contributed by atoms with van der Waals surface area (Å²) in [5.41, 5.74) is 1.27. The van der Waals surface area contributed by atoms with E-state index >= 15 is 0 Å². The van der Waals surface area contributed by atoms with Gasteiger partial charge in [0.15, 0.2) is 0 Å². The third-order valence-electron chi connectivity index (χ3n) is 2.66. The van der Waals surface area contributed by atoms with Gasteiger partial charge in [0.1, 0.15) is 0 Å². The highest BCUT2D eigenvalue weighted by molar-refractivity contribution is 5.70. The van der Waals surface area contributed by atoms with Gasteiger partial charge in [-0.3, -0.25) is 4.79 Å². The number of benzene rings is 1. The maximum Gasteiger partial charge on any atom is 0.306 e. The van der Waals surface area contributed by atoms with Crippen LogP contribution in [0.1, 0.15) is 24.8 Å². The summed E-state index contributed by atoms with van der Waals surface area (Å²) in [6.07, 6.45) is 4.82. The quantitative estimate of drug-likeness (QED) is 0.713. The summed E-state index contributed by atoms with van der Waals surface area (Å²) < 4.78 is 0. The number of aliphatic carboxylic acids is 1. The molecule has 1 aromatic carbocycles. The summed E-state index contributed by atoms with van der Waals surface area (Å²) in [6.45, 7) is 3.59. The molecule has 1 N–H and O–H groups in total. The number of hydrogen-bond acceptors (Lipinski definition) is 1. The monoisotopic (exact) mass is 218 g/mol. The predicted octanol–water partition coefficient (Wildman–Crippen LogP) is 3.29. The fourth-order valence-corrected chi connectivity index (χ4v) is 1.74. The highest BCUT2D eigenvalue weighted by Crippen LogP contribution is 2.14. The molecule has 1 atom stereocenters. The standard InChI is InChI=1S/C14H18O2/c1-2-7-13(14(15)16)11-6-10-12-8-4-3-5-9-12/h2-5,8-9,13H,1,6-7,10-11H2,(H,15,16)/t13-/m1/s1. The minimum absolute atomic E-state index is 0.277. The first-order chi connectivity index (χ1) is 7.74. The van der Waals surface area contributed by atoms with Crippen molar-refractivity contribution < 1.29 is 9.90 Å². The third-order valence-corrected chi connectivity index (χ3v) is 2.66. The zero-order valence-electron chi connectivity index (χ0n) is 9.43. The van der Waals surface area contributed by atoms with E-state index in [9.17, 15) is 4.79 Å². The first kappa shape index (κ1) is 12.5. The topological polar surface area (TPSA) is 37.3 Å². The average Bonchev–Trinajstić information content (AvgIpc) is 2.29. The summed E-state index contributed by atoms with van der Waals surface area (Å²) in [5, 5.41) is 8.95. The first-order valence-corrected chi connectivity index (χ1v) is 5.61. The molecule has 0 spiro atoms. The molecule has 1 rings (SSSR count). The molecule has 0 aromatic heterocycles. The van der Waals surface area contributed by atoms with Gasteiger partial charge in [-0.25, -0.2) is 0 Å². The average molecular weight is 218 g/mol. The lowest BCUT2D eigenvalue weighted by atomic mass is 9.97. The van der Waals surface area contributed by atoms with E-state index in [0.717, 1.165) is 19.3 Å². The predicted molar refractivity (Wildman–Crippen MR) is 65.3 cm³/mol. The van der Waals surface area contributed by atoms with Crippen LogP contribution in [0, 0.1) is 5.92 Å². The van der Waals surface area contributed by atoms with E-state index < -0.39 is 5.97 Å². The smallest absolute Gasteiger partial charge is 0.306 e. The number of allylic oxidation sites excluding steroid dienone is 1. The van der Waals surface area contributed by atoms with Crippen LogP contribution in [0.3, 0.4) is 0 Å². The van der Waals surface area contributed by atoms with Crippen LogP contribution >= 0.6 is 0 Å². The van der Waals surface area contributed by atoms with Gasteiger partial charge in [-0.2, -0.15) is 0 Å². The molecule has 1 aromatic rings. The minimum atomic E-state index is -0.715. The highest BCUT2D eigenvalue weighted by Gasteiger charge is 2.14. The molecular weight excluding hydrogens is 200 g/mol. The second kappa shape index (κ2) is 6.83. The Morgan fingerprint density at radius 2 is 2.06 bits per heavy atom. The molecule has 0 aliphatic rings. The van der Waals surface area contributed by atoms with Crippen molar-refractivity contribution in [2.45, 2.75) is 25.7 Å². The zero-order chi connectivity index (χ0) is 11.8. The van der Waals surface area contributed by atoms with Gasteiger partial charge < -0.3 is 5.11 Å². The minimum Gasteiger partial charge on any atom is -0.481 e. The summed E-state index contributed by atoms with van der Waals surface area (Å²) in [5.74, 6) is -0.992. The maximum atomic E-state index is 10.9. The molecular formula is C14H18O2. The summed E-state index contributed by atoms with van der Waals surface area (Å²) in [7, 11) is 0. The lowest BCUT2D eigenvalue weighted by Gasteiger charge is -2.09. The van der Waals surface area contributed by atoms with Crippen molar-refractivity contribution in [2.75, 3.05) is 0 Å². The number of aryl methyl sites for hydroxylation is 1. The van der Waals surface area contributed by atoms with Gasteiger partial charge in [0.2, 0.25) is 0 Å². The van der Waals surface area contributed by atoms with Crippen LogP contribution in [0.25, 0.3) is 0 Å². The maximum absolute atomic E-state index is 10.9. The molecule has 0 unspecified atom stereocenters. The van der Waals surface area contributed by atoms with E-state index in [1.54, 1.807) is 6.08 Å². The first-order valence-electron chi connectivity index (χ1n) is 5.61. The van der Waals surface area contributed by atoms with Gasteiger partial charge >= 0.3 is 5.97 Å². The fraction of sp³-hybridized carbons (Fsp3) is 0.357. The molecule has 0 saturated carbocycles. The summed E-state index contributed by atoms with van der Waals surface area (Å²) in [4.78, 5) is 10.9. The molecule has 2 nitrogen and oxygen atoms in total. The Kier molecular flexibility index (Phi) is 5.34. The molecule has 16 heavy (non-hydrogen) atoms. The third kappa shape index (κ3) is 4.30. The Bertz CT molecular complexity index is 330. The molecule has 0 heterocycles. The molecule has 86 valence electrons. The summed E-state index contributed by atoms with van der Waals surface area (Å²) >= 11 is 0. The van der Waals surface area contributed by atoms with Crippen molar-refractivity contribution in [3.05, 3.63) is 48.6 Å². The van der Waals surface area contributed by atoms with E-state index in [1.165, 1.54) is 5.56 Å². The Morgan fingerprint density at radius 3 is 2.62 bits per heavy atom. The fourth-order valence-electron chi connectivity index (χ4n) is 1.74. The SMILES string of the molecule is C=CC[C@H](CCCc1ccccc1)C(=O)O. The van der Waals surface area contributed by atoms with Crippen molar-refractivity contribution in [1.29, 1.82) is 0 Å². The van der Waals surface area contributed by atoms with Gasteiger partial charge in [0, 0.05) is 0 Å². The van der Waals surface area contributed by atoms with Crippen LogP contribution in [0.5, 0.6) is 0 Å². The lowest BCUT2D eigenvalue weighted by Crippen LogP contribution is -2.12. The van der Waals surface area contributed by atoms with Gasteiger partial charge in [0.05, 0.1) is 5.92 Å². The van der Waals surface area contributed by atoms with Crippen LogP contribution in [0.2, 0.25) is 0 Å². The Labute approximate surface area is 96.6 Å². The largest absolute Gasteiger partial charge is 0.481 e. The van der Waals surface area contributed by atoms with E-state index in [0.29, 0.717) is 6.42 Å². The molecule has 0 saturated heterocycles. The molecule has 2 heteroatoms. The van der Waals surface area contributed by atoms with Crippen molar-refractivity contribution in [3.8, 4) is 0 Å². The van der Waals surface area contributed by atoms with Crippen LogP contribution in [0.15, 0.2) is 43.0 Å². The van der Waals surface area contributed by atoms with Crippen molar-refractivity contribution >= 4 is 5.97 Å². The van der Waals surface area contributed by atoms with Crippen molar-refractivity contribution in [1.82, 2.24) is 0 Å². The Hall–Kier alpha value is -1.57. The molecule has 0 aliphatic heterocycles. The molecule has 0 bridgehead atoms. The molecule has 0 amide bonds. The lowest BCUT2D eigenvalue weighted by molar-refractivity contribution is -0.141. The van der Waals surface area contributed by atoms with Crippen molar-refractivity contribution in [3.63, 3.8) is 0 Å². The van der Waals surface area contributed by atoms with E-state index in [1.807, 2.05) is 18.2 Å². The zero-order valence-corrected chi connectivity index (χ0v) is 9.43. The number of rotatable bonds is 7. The summed E-state index contributed by atoms with van der Waals surface area (Å²) in [6, 6.07) is 10.1. The second-order valence-electron chi connectivity index (χ2n) is 3.94. The van der Waals surface area contributed by atoms with E-state index in [-0.39, 0.29) is 5.92 Å². The van der Waals surface area contributed by atoms with Crippen LogP contribution in [-0.4, -0.2) is 11.1 Å². The van der Waals surface area contributed by atoms with E-state index in [4.69, 9.17) is 5.11 Å². The normalized spacial score (nSPS) is 12.0. The number of carboxylic acids is 1. The molecule has 0 fully saturated rings. The van der Waals surface area contributed by atoms with Gasteiger partial charge in [-0.1, -0.05) is 36.4 Å². The van der Waals surface area contributed by atoms with Crippen LogP contribution in [-0.2, 0) is 11.2 Å². The van der Waals surface area contributed by atoms with Gasteiger partial charge in [0.25, 0.3) is 0 Å². The Balaban J connectivity index is 2.33. The second-order valence-corrected chi connectivity index (χ2v) is 3.94. The number of carboxylic acid groups (broad SMARTS) is 1. The van der Waals surface area contributed by atoms with Gasteiger partial charge in [-0.05, 0) is 31.2 Å². The molecule has 0 radical (unpaired) electrons.